The molecule has 5 nitrogen and oxygen atoms in total. The van der Waals surface area contributed by atoms with E-state index in [1.54, 1.807) is 12.1 Å². The fourth-order valence-corrected chi connectivity index (χ4v) is 6.06. The van der Waals surface area contributed by atoms with Crippen molar-refractivity contribution >= 4 is 17.8 Å². The van der Waals surface area contributed by atoms with Gasteiger partial charge in [-0.3, -0.25) is 14.5 Å². The monoisotopic (exact) mass is 445 g/mol. The van der Waals surface area contributed by atoms with Crippen molar-refractivity contribution in [3.8, 4) is 5.75 Å². The highest BCUT2D eigenvalue weighted by atomic mass is 16.5. The van der Waals surface area contributed by atoms with E-state index in [1.165, 1.54) is 4.90 Å². The predicted octanol–water partition coefficient (Wildman–Crippen LogP) is 4.53. The average molecular weight is 446 g/mol. The number of imide groups is 1. The Labute approximate surface area is 195 Å². The maximum atomic E-state index is 13.4. The first-order valence-corrected chi connectivity index (χ1v) is 12.0. The van der Waals surface area contributed by atoms with E-state index >= 15 is 0 Å². The molecular formula is C28H31NO4. The number of rotatable bonds is 5. The Hall–Kier alpha value is -2.95. The zero-order chi connectivity index (χ0) is 23.3. The number of esters is 1. The molecule has 3 aliphatic rings. The second kappa shape index (κ2) is 8.12. The van der Waals surface area contributed by atoms with Crippen LogP contribution in [0.15, 0.2) is 54.6 Å². The molecule has 2 aromatic carbocycles. The number of likely N-dealkylation sites (tertiary alicyclic amines) is 1. The predicted molar refractivity (Wildman–Crippen MR) is 124 cm³/mol. The Balaban J connectivity index is 1.42. The van der Waals surface area contributed by atoms with Crippen LogP contribution in [0.1, 0.15) is 51.2 Å². The number of benzene rings is 2. The smallest absolute Gasteiger partial charge is 0.335 e. The van der Waals surface area contributed by atoms with Crippen LogP contribution in [0.2, 0.25) is 0 Å². The van der Waals surface area contributed by atoms with Crippen molar-refractivity contribution in [2.75, 3.05) is 0 Å². The third-order valence-corrected chi connectivity index (χ3v) is 7.76. The van der Waals surface area contributed by atoms with Crippen molar-refractivity contribution in [3.63, 3.8) is 0 Å². The number of carbonyl (C=O) groups is 3. The molecule has 2 bridgehead atoms. The van der Waals surface area contributed by atoms with Gasteiger partial charge in [0.05, 0.1) is 11.8 Å². The van der Waals surface area contributed by atoms with Gasteiger partial charge >= 0.3 is 5.97 Å². The summed E-state index contributed by atoms with van der Waals surface area (Å²) in [6.45, 7) is 6.37. The molecule has 5 rings (SSSR count). The van der Waals surface area contributed by atoms with Crippen LogP contribution in [-0.2, 0) is 26.2 Å². The summed E-state index contributed by atoms with van der Waals surface area (Å²) in [4.78, 5) is 41.5. The van der Waals surface area contributed by atoms with Crippen molar-refractivity contribution in [2.45, 2.75) is 57.9 Å². The minimum Gasteiger partial charge on any atom is -0.425 e. The van der Waals surface area contributed by atoms with Gasteiger partial charge < -0.3 is 4.74 Å². The SMILES string of the molecule is CC(C)(C)c1ccc(OC(=O)[C@H](Cc2ccccc2)N2C(=O)[C@@H]3[C@H]4CC[C@@H](C4)[C@H]3C2=O)cc1. The van der Waals surface area contributed by atoms with Crippen molar-refractivity contribution in [1.29, 1.82) is 0 Å². The van der Waals surface area contributed by atoms with Crippen LogP contribution in [0.5, 0.6) is 5.75 Å². The van der Waals surface area contributed by atoms with Gasteiger partial charge in [0, 0.05) is 6.42 Å². The van der Waals surface area contributed by atoms with E-state index in [0.717, 1.165) is 30.4 Å². The van der Waals surface area contributed by atoms with Crippen LogP contribution in [-0.4, -0.2) is 28.7 Å². The van der Waals surface area contributed by atoms with Gasteiger partial charge in [-0.25, -0.2) is 4.79 Å². The van der Waals surface area contributed by atoms with E-state index in [1.807, 2.05) is 42.5 Å². The molecular weight excluding hydrogens is 414 g/mol. The van der Waals surface area contributed by atoms with Crippen molar-refractivity contribution in [2.24, 2.45) is 23.7 Å². The summed E-state index contributed by atoms with van der Waals surface area (Å²) in [5.41, 5.74) is 2.02. The first kappa shape index (κ1) is 21.9. The van der Waals surface area contributed by atoms with Crippen LogP contribution in [0.25, 0.3) is 0 Å². The molecule has 2 amide bonds. The minimum absolute atomic E-state index is 0.0100. The van der Waals surface area contributed by atoms with Gasteiger partial charge in [-0.2, -0.15) is 0 Å². The lowest BCUT2D eigenvalue weighted by Gasteiger charge is -2.26. The molecule has 2 aliphatic carbocycles. The van der Waals surface area contributed by atoms with Crippen LogP contribution < -0.4 is 4.74 Å². The summed E-state index contributed by atoms with van der Waals surface area (Å²) in [5.74, 6) is -0.459. The van der Waals surface area contributed by atoms with E-state index < -0.39 is 12.0 Å². The molecule has 1 heterocycles. The lowest BCUT2D eigenvalue weighted by atomic mass is 9.81. The molecule has 5 heteroatoms. The van der Waals surface area contributed by atoms with Gasteiger partial charge in [0.1, 0.15) is 11.8 Å². The van der Waals surface area contributed by atoms with Crippen LogP contribution >= 0.6 is 0 Å². The molecule has 1 aliphatic heterocycles. The number of amides is 2. The molecule has 5 atom stereocenters. The maximum absolute atomic E-state index is 13.4. The van der Waals surface area contributed by atoms with Crippen LogP contribution in [0.3, 0.4) is 0 Å². The lowest BCUT2D eigenvalue weighted by molar-refractivity contribution is -0.154. The number of nitrogens with zero attached hydrogens (tertiary/aromatic N) is 1. The number of ether oxygens (including phenoxy) is 1. The number of hydrogen-bond donors (Lipinski definition) is 0. The lowest BCUT2D eigenvalue weighted by Crippen LogP contribution is -2.49. The van der Waals surface area contributed by atoms with E-state index in [9.17, 15) is 14.4 Å². The van der Waals surface area contributed by atoms with E-state index in [0.29, 0.717) is 5.75 Å². The van der Waals surface area contributed by atoms with Gasteiger partial charge in [-0.05, 0) is 59.8 Å². The van der Waals surface area contributed by atoms with Crippen LogP contribution in [0.4, 0.5) is 0 Å². The molecule has 1 saturated heterocycles. The molecule has 172 valence electrons. The summed E-state index contributed by atoms with van der Waals surface area (Å²) in [5, 5.41) is 0. The molecule has 0 N–H and O–H groups in total. The van der Waals surface area contributed by atoms with Crippen molar-refractivity contribution in [1.82, 2.24) is 4.90 Å². The zero-order valence-electron chi connectivity index (χ0n) is 19.5. The van der Waals surface area contributed by atoms with Crippen LogP contribution in [0, 0.1) is 23.7 Å². The van der Waals surface area contributed by atoms with Crippen molar-refractivity contribution < 1.29 is 19.1 Å². The molecule has 3 fully saturated rings. The molecule has 0 spiro atoms. The second-order valence-corrected chi connectivity index (χ2v) is 10.8. The number of fused-ring (bicyclic) bond motifs is 5. The third kappa shape index (κ3) is 3.88. The highest BCUT2D eigenvalue weighted by Gasteiger charge is 2.62. The van der Waals surface area contributed by atoms with Gasteiger partial charge in [0.25, 0.3) is 0 Å². The Bertz CT molecular complexity index is 1040. The first-order valence-electron chi connectivity index (χ1n) is 12.0. The fraction of sp³-hybridized carbons (Fsp3) is 0.464. The highest BCUT2D eigenvalue weighted by molar-refractivity contribution is 6.08. The summed E-state index contributed by atoms with van der Waals surface area (Å²) in [6, 6.07) is 16.0. The van der Waals surface area contributed by atoms with E-state index in [2.05, 4.69) is 20.8 Å². The average Bonchev–Trinajstić information content (AvgIpc) is 3.47. The number of hydrogen-bond acceptors (Lipinski definition) is 4. The van der Waals surface area contributed by atoms with E-state index in [4.69, 9.17) is 4.74 Å². The normalized spacial score (nSPS) is 27.1. The standard InChI is InChI=1S/C28H31NO4/c1-28(2,3)20-11-13-21(14-12-20)33-27(32)22(15-17-7-5-4-6-8-17)29-25(30)23-18-9-10-19(16-18)24(23)26(29)31/h4-8,11-14,18-19,22-24H,9-10,15-16H2,1-3H3/t18-,19-,22-,23+,24+/m0/s1. The molecule has 2 saturated carbocycles. The molecule has 2 aromatic rings. The fourth-order valence-electron chi connectivity index (χ4n) is 6.06. The Morgan fingerprint density at radius 2 is 1.52 bits per heavy atom. The molecule has 0 aromatic heterocycles. The highest BCUT2D eigenvalue weighted by Crippen LogP contribution is 2.56. The number of carbonyl (C=O) groups excluding carboxylic acids is 3. The molecule has 33 heavy (non-hydrogen) atoms. The largest absolute Gasteiger partial charge is 0.425 e. The quantitative estimate of drug-likeness (QED) is 0.385. The van der Waals surface area contributed by atoms with Crippen molar-refractivity contribution in [3.05, 3.63) is 65.7 Å². The summed E-state index contributed by atoms with van der Waals surface area (Å²) < 4.78 is 5.73. The first-order chi connectivity index (χ1) is 15.7. The molecule has 0 unspecified atom stereocenters. The molecule has 0 radical (unpaired) electrons. The van der Waals surface area contributed by atoms with Gasteiger partial charge in [0.2, 0.25) is 11.8 Å². The Morgan fingerprint density at radius 3 is 2.06 bits per heavy atom. The topological polar surface area (TPSA) is 63.7 Å². The van der Waals surface area contributed by atoms with Gasteiger partial charge in [-0.15, -0.1) is 0 Å². The second-order valence-electron chi connectivity index (χ2n) is 10.8. The minimum atomic E-state index is -0.959. The van der Waals surface area contributed by atoms with Gasteiger partial charge in [0.15, 0.2) is 0 Å². The maximum Gasteiger partial charge on any atom is 0.335 e. The third-order valence-electron chi connectivity index (χ3n) is 7.76. The zero-order valence-corrected chi connectivity index (χ0v) is 19.5. The van der Waals surface area contributed by atoms with Gasteiger partial charge in [-0.1, -0.05) is 63.2 Å². The van der Waals surface area contributed by atoms with E-state index in [-0.39, 0.29) is 47.3 Å². The summed E-state index contributed by atoms with van der Waals surface area (Å²) in [6.07, 6.45) is 3.24. The Kier molecular flexibility index (Phi) is 5.38. The Morgan fingerprint density at radius 1 is 0.939 bits per heavy atom. The summed E-state index contributed by atoms with van der Waals surface area (Å²) >= 11 is 0. The summed E-state index contributed by atoms with van der Waals surface area (Å²) in [7, 11) is 0.